The van der Waals surface area contributed by atoms with Crippen LogP contribution in [0.25, 0.3) is 0 Å². The van der Waals surface area contributed by atoms with E-state index in [1.54, 1.807) is 0 Å². The van der Waals surface area contributed by atoms with Crippen LogP contribution in [0.1, 0.15) is 55.4 Å². The molecular formula is C22H26O3. The maximum Gasteiger partial charge on any atom is 0.303 e. The number of aliphatic carboxylic acids is 1. The van der Waals surface area contributed by atoms with Gasteiger partial charge in [0.05, 0.1) is 0 Å². The second kappa shape index (κ2) is 6.91. The highest BCUT2D eigenvalue weighted by atomic mass is 16.5. The van der Waals surface area contributed by atoms with Gasteiger partial charge in [0.25, 0.3) is 0 Å². The van der Waals surface area contributed by atoms with Crippen molar-refractivity contribution in [3.8, 4) is 5.75 Å². The van der Waals surface area contributed by atoms with Crippen LogP contribution in [0.2, 0.25) is 0 Å². The minimum absolute atomic E-state index is 0.166. The van der Waals surface area contributed by atoms with Crippen molar-refractivity contribution in [1.29, 1.82) is 0 Å². The fourth-order valence-electron chi connectivity index (χ4n) is 3.53. The van der Waals surface area contributed by atoms with Crippen LogP contribution in [0.5, 0.6) is 5.75 Å². The largest absolute Gasteiger partial charge is 0.487 e. The first kappa shape index (κ1) is 17.5. The van der Waals surface area contributed by atoms with E-state index in [-0.39, 0.29) is 12.0 Å². The summed E-state index contributed by atoms with van der Waals surface area (Å²) in [5.74, 6) is 0.715. The van der Waals surface area contributed by atoms with Crippen molar-refractivity contribution in [2.45, 2.75) is 58.0 Å². The third-order valence-electron chi connectivity index (χ3n) is 4.90. The van der Waals surface area contributed by atoms with Crippen LogP contribution < -0.4 is 4.74 Å². The summed E-state index contributed by atoms with van der Waals surface area (Å²) in [5, 5.41) is 8.84. The number of benzene rings is 2. The van der Waals surface area contributed by atoms with E-state index in [0.29, 0.717) is 12.3 Å². The number of carboxylic acids is 1. The SMILES string of the molecule is CC(C)c1ccc(C[C@]2(C)Cc3cc(CCC(=O)O)ccc3O2)cc1. The number of ether oxygens (including phenoxy) is 1. The van der Waals surface area contributed by atoms with Crippen LogP contribution in [0, 0.1) is 0 Å². The molecule has 3 nitrogen and oxygen atoms in total. The van der Waals surface area contributed by atoms with Crippen LogP contribution in [-0.2, 0) is 24.1 Å². The van der Waals surface area contributed by atoms with E-state index < -0.39 is 5.97 Å². The van der Waals surface area contributed by atoms with E-state index in [4.69, 9.17) is 9.84 Å². The zero-order valence-corrected chi connectivity index (χ0v) is 15.2. The van der Waals surface area contributed by atoms with E-state index in [9.17, 15) is 4.79 Å². The number of rotatable bonds is 6. The topological polar surface area (TPSA) is 46.5 Å². The summed E-state index contributed by atoms with van der Waals surface area (Å²) >= 11 is 0. The summed E-state index contributed by atoms with van der Waals surface area (Å²) in [5.41, 5.74) is 4.64. The Labute approximate surface area is 149 Å². The Balaban J connectivity index is 1.69. The highest BCUT2D eigenvalue weighted by Gasteiger charge is 2.35. The predicted octanol–water partition coefficient (Wildman–Crippen LogP) is 4.76. The third-order valence-corrected chi connectivity index (χ3v) is 4.90. The molecule has 3 rings (SSSR count). The molecule has 2 aromatic rings. The minimum atomic E-state index is -0.758. The van der Waals surface area contributed by atoms with Crippen molar-refractivity contribution >= 4 is 5.97 Å². The van der Waals surface area contributed by atoms with Crippen LogP contribution in [0.4, 0.5) is 0 Å². The van der Waals surface area contributed by atoms with E-state index in [2.05, 4.69) is 51.1 Å². The molecule has 0 radical (unpaired) electrons. The first-order valence-corrected chi connectivity index (χ1v) is 8.96. The van der Waals surface area contributed by atoms with Crippen molar-refractivity contribution in [2.24, 2.45) is 0 Å². The van der Waals surface area contributed by atoms with E-state index in [1.165, 1.54) is 16.7 Å². The van der Waals surface area contributed by atoms with Crippen LogP contribution in [0.3, 0.4) is 0 Å². The molecule has 0 bridgehead atoms. The van der Waals surface area contributed by atoms with Crippen molar-refractivity contribution in [2.75, 3.05) is 0 Å². The Morgan fingerprint density at radius 1 is 1.16 bits per heavy atom. The second-order valence-electron chi connectivity index (χ2n) is 7.64. The van der Waals surface area contributed by atoms with Crippen molar-refractivity contribution in [3.05, 3.63) is 64.7 Å². The van der Waals surface area contributed by atoms with Gasteiger partial charge in [0.1, 0.15) is 11.4 Å². The fraction of sp³-hybridized carbons (Fsp3) is 0.409. The van der Waals surface area contributed by atoms with Crippen molar-refractivity contribution in [1.82, 2.24) is 0 Å². The Kier molecular flexibility index (Phi) is 4.85. The maximum absolute atomic E-state index is 10.8. The summed E-state index contributed by atoms with van der Waals surface area (Å²) in [6.45, 7) is 6.56. The van der Waals surface area contributed by atoms with E-state index >= 15 is 0 Å². The van der Waals surface area contributed by atoms with Gasteiger partial charge in [-0.3, -0.25) is 4.79 Å². The molecule has 0 saturated carbocycles. The molecule has 0 spiro atoms. The smallest absolute Gasteiger partial charge is 0.303 e. The molecule has 0 fully saturated rings. The van der Waals surface area contributed by atoms with Crippen molar-refractivity contribution < 1.29 is 14.6 Å². The molecule has 0 aromatic heterocycles. The van der Waals surface area contributed by atoms with Gasteiger partial charge in [-0.05, 0) is 47.6 Å². The maximum atomic E-state index is 10.8. The lowest BCUT2D eigenvalue weighted by molar-refractivity contribution is -0.136. The monoisotopic (exact) mass is 338 g/mol. The molecule has 1 N–H and O–H groups in total. The molecule has 0 amide bonds. The molecule has 0 saturated heterocycles. The number of carbonyl (C=O) groups is 1. The Hall–Kier alpha value is -2.29. The summed E-state index contributed by atoms with van der Waals surface area (Å²) in [6, 6.07) is 14.9. The molecule has 0 unspecified atom stereocenters. The summed E-state index contributed by atoms with van der Waals surface area (Å²) < 4.78 is 6.24. The molecule has 1 heterocycles. The Morgan fingerprint density at radius 2 is 1.84 bits per heavy atom. The number of carboxylic acid groups (broad SMARTS) is 1. The predicted molar refractivity (Wildman–Crippen MR) is 99.4 cm³/mol. The van der Waals surface area contributed by atoms with Gasteiger partial charge < -0.3 is 9.84 Å². The number of fused-ring (bicyclic) bond motifs is 1. The molecule has 1 aliphatic heterocycles. The molecule has 25 heavy (non-hydrogen) atoms. The van der Waals surface area contributed by atoms with E-state index in [0.717, 1.165) is 24.2 Å². The zero-order valence-electron chi connectivity index (χ0n) is 15.2. The summed E-state index contributed by atoms with van der Waals surface area (Å²) in [4.78, 5) is 10.8. The highest BCUT2D eigenvalue weighted by Crippen LogP contribution is 2.37. The molecule has 1 atom stereocenters. The molecule has 3 heteroatoms. The number of hydrogen-bond acceptors (Lipinski definition) is 2. The average Bonchev–Trinajstić information content (AvgIpc) is 2.88. The minimum Gasteiger partial charge on any atom is -0.487 e. The number of aryl methyl sites for hydroxylation is 1. The highest BCUT2D eigenvalue weighted by molar-refractivity contribution is 5.67. The first-order valence-electron chi connectivity index (χ1n) is 8.96. The fourth-order valence-corrected chi connectivity index (χ4v) is 3.53. The standard InChI is InChI=1S/C22H26O3/c1-15(2)18-8-4-17(5-9-18)13-22(3)14-19-12-16(7-11-21(23)24)6-10-20(19)25-22/h4-6,8-10,12,15H,7,11,13-14H2,1-3H3,(H,23,24)/t22-/m1/s1. The van der Waals surface area contributed by atoms with Gasteiger partial charge in [0.2, 0.25) is 0 Å². The quantitative estimate of drug-likeness (QED) is 0.826. The van der Waals surface area contributed by atoms with Gasteiger partial charge in [-0.15, -0.1) is 0 Å². The first-order chi connectivity index (χ1) is 11.8. The Morgan fingerprint density at radius 3 is 2.48 bits per heavy atom. The molecule has 1 aliphatic rings. The van der Waals surface area contributed by atoms with Crippen molar-refractivity contribution in [3.63, 3.8) is 0 Å². The molecular weight excluding hydrogens is 312 g/mol. The normalized spacial score (nSPS) is 18.9. The third kappa shape index (κ3) is 4.22. The van der Waals surface area contributed by atoms with Crippen LogP contribution in [0.15, 0.2) is 42.5 Å². The van der Waals surface area contributed by atoms with Gasteiger partial charge >= 0.3 is 5.97 Å². The van der Waals surface area contributed by atoms with Gasteiger partial charge in [-0.25, -0.2) is 0 Å². The lowest BCUT2D eigenvalue weighted by Gasteiger charge is -2.24. The second-order valence-corrected chi connectivity index (χ2v) is 7.64. The van der Waals surface area contributed by atoms with E-state index in [1.807, 2.05) is 12.1 Å². The van der Waals surface area contributed by atoms with Crippen LogP contribution in [-0.4, -0.2) is 16.7 Å². The lowest BCUT2D eigenvalue weighted by atomic mass is 9.90. The molecule has 0 aliphatic carbocycles. The van der Waals surface area contributed by atoms with Gasteiger partial charge in [0.15, 0.2) is 0 Å². The van der Waals surface area contributed by atoms with Gasteiger partial charge in [0, 0.05) is 19.3 Å². The van der Waals surface area contributed by atoms with Gasteiger partial charge in [-0.2, -0.15) is 0 Å². The average molecular weight is 338 g/mol. The zero-order chi connectivity index (χ0) is 18.0. The molecule has 2 aromatic carbocycles. The summed E-state index contributed by atoms with van der Waals surface area (Å²) in [6.07, 6.45) is 2.45. The number of hydrogen-bond donors (Lipinski definition) is 1. The molecule has 132 valence electrons. The Bertz CT molecular complexity index is 761. The summed E-state index contributed by atoms with van der Waals surface area (Å²) in [7, 11) is 0. The van der Waals surface area contributed by atoms with Gasteiger partial charge in [-0.1, -0.05) is 50.2 Å². The lowest BCUT2D eigenvalue weighted by Crippen LogP contribution is -2.32. The van der Waals surface area contributed by atoms with Crippen LogP contribution >= 0.6 is 0 Å².